The molecular weight excluding hydrogens is 941 g/mol. The molecule has 8 aromatic rings. The van der Waals surface area contributed by atoms with Gasteiger partial charge in [0.05, 0.1) is 63.3 Å². The van der Waals surface area contributed by atoms with Crippen molar-refractivity contribution in [3.63, 3.8) is 0 Å². The van der Waals surface area contributed by atoms with E-state index >= 15 is 0 Å². The van der Waals surface area contributed by atoms with Crippen LogP contribution in [0.15, 0.2) is 124 Å². The smallest absolute Gasteiger partial charge is 0.272 e. The van der Waals surface area contributed by atoms with Gasteiger partial charge < -0.3 is 20.5 Å². The van der Waals surface area contributed by atoms with Crippen LogP contribution in [0.2, 0.25) is 0 Å². The molecule has 0 atom stereocenters. The Bertz CT molecular complexity index is 3390. The Kier molecular flexibility index (Phi) is 12.4. The molecule has 4 saturated carbocycles. The van der Waals surface area contributed by atoms with Crippen LogP contribution in [0.5, 0.6) is 0 Å². The number of carbonyl (C=O) groups excluding carboxylic acids is 3. The lowest BCUT2D eigenvalue weighted by Crippen LogP contribution is -2.55. The number of rotatable bonds is 10. The fourth-order valence-corrected chi connectivity index (χ4v) is 11.7. The van der Waals surface area contributed by atoms with Crippen molar-refractivity contribution in [2.24, 2.45) is 10.8 Å². The number of carbonyl (C=O) groups is 3. The maximum Gasteiger partial charge on any atom is 0.272 e. The molecule has 352 valence electrons. The van der Waals surface area contributed by atoms with E-state index in [1.807, 2.05) is 85.2 Å². The molecular formula is C52H51BrN10O6. The second-order valence-corrected chi connectivity index (χ2v) is 20.1. The molecule has 0 unspecified atom stereocenters. The van der Waals surface area contributed by atoms with Crippen molar-refractivity contribution >= 4 is 66.6 Å². The minimum absolute atomic E-state index is 0.0682. The number of hydrogen-bond acceptors (Lipinski definition) is 10. The van der Waals surface area contributed by atoms with Crippen molar-refractivity contribution < 1.29 is 19.5 Å². The van der Waals surface area contributed by atoms with Crippen LogP contribution < -0.4 is 21.8 Å². The normalized spacial score (nSPS) is 23.1. The molecule has 0 radical (unpaired) electrons. The fourth-order valence-electron chi connectivity index (χ4n) is 11.3. The standard InChI is InChI=1S/C26H25N5O3.C23H20BrN5O2.C3H6O/c32-9-3-4-16-7-8-22-21(14-27-31(22)15-16)24(33)28-18-12-26(13-18)10-17(11-26)23-19-5-1-2-6-20(19)25(34)30-29-23;24-14-5-6-19-18(11-25-29(19)12-14)21(30)26-15-9-23(10-15)7-13(8-23)20-16-3-1-2-4-17(16)22(31)28-27-20;1-2-3-4/h1-2,5-9,14-15,17-18H,3-4,10-13H2,(H,28,33)(H,30,34);1-6,11-13,15H,7-10H2,(H,26,30)(H,28,31);2,4H,1,3H2. The van der Waals surface area contributed by atoms with E-state index < -0.39 is 0 Å². The highest BCUT2D eigenvalue weighted by Crippen LogP contribution is 2.63. The SMILES string of the molecule is C=CCO.O=C(NC1CC2(C1)CC(c1n[nH]c(=O)c3ccccc13)C2)c1cnn2cc(Br)ccc12.O=CCCc1ccc2c(C(=O)NC3CC4(C3)CC(c3n[nH]c(=O)c5ccccc35)C4)cnn2c1. The predicted octanol–water partition coefficient (Wildman–Crippen LogP) is 7.11. The van der Waals surface area contributed by atoms with Gasteiger partial charge >= 0.3 is 0 Å². The first kappa shape index (κ1) is 45.7. The number of benzene rings is 2. The van der Waals surface area contributed by atoms with Gasteiger partial charge in [-0.3, -0.25) is 19.2 Å². The number of H-pyrrole nitrogens is 2. The Morgan fingerprint density at radius 2 is 1.14 bits per heavy atom. The van der Waals surface area contributed by atoms with Crippen molar-refractivity contribution in [1.29, 1.82) is 0 Å². The summed E-state index contributed by atoms with van der Waals surface area (Å²) in [6, 6.07) is 23.3. The van der Waals surface area contributed by atoms with Gasteiger partial charge in [-0.15, -0.1) is 6.58 Å². The summed E-state index contributed by atoms with van der Waals surface area (Å²) in [4.78, 5) is 60.4. The van der Waals surface area contributed by atoms with Crippen LogP contribution in [-0.4, -0.2) is 81.5 Å². The summed E-state index contributed by atoms with van der Waals surface area (Å²) in [5, 5.41) is 40.0. The molecule has 17 heteroatoms. The molecule has 4 fully saturated rings. The Morgan fingerprint density at radius 1 is 0.696 bits per heavy atom. The van der Waals surface area contributed by atoms with Crippen molar-refractivity contribution in [2.45, 2.75) is 88.1 Å². The number of pyridine rings is 2. The molecule has 2 amide bonds. The summed E-state index contributed by atoms with van der Waals surface area (Å²) >= 11 is 3.42. The molecule has 2 aromatic carbocycles. The number of nitrogens with zero attached hydrogens (tertiary/aromatic N) is 6. The Hall–Kier alpha value is -7.11. The first-order chi connectivity index (χ1) is 33.5. The first-order valence-corrected chi connectivity index (χ1v) is 24.1. The molecule has 4 aliphatic rings. The van der Waals surface area contributed by atoms with E-state index in [4.69, 9.17) is 5.11 Å². The zero-order valence-electron chi connectivity index (χ0n) is 37.7. The third-order valence-corrected chi connectivity index (χ3v) is 15.0. The molecule has 6 aromatic heterocycles. The van der Waals surface area contributed by atoms with Crippen molar-refractivity contribution in [3.05, 3.63) is 163 Å². The van der Waals surface area contributed by atoms with Crippen molar-refractivity contribution in [3.8, 4) is 0 Å². The topological polar surface area (TPSA) is 222 Å². The van der Waals surface area contributed by atoms with Gasteiger partial charge in [0.1, 0.15) is 6.29 Å². The maximum absolute atomic E-state index is 12.9. The van der Waals surface area contributed by atoms with E-state index in [0.29, 0.717) is 46.6 Å². The monoisotopic (exact) mass is 990 g/mol. The molecule has 4 aliphatic carbocycles. The van der Waals surface area contributed by atoms with E-state index in [1.165, 1.54) is 6.08 Å². The lowest BCUT2D eigenvalue weighted by atomic mass is 9.49. The Balaban J connectivity index is 0.000000149. The summed E-state index contributed by atoms with van der Waals surface area (Å²) in [5.74, 6) is 0.531. The molecule has 0 aliphatic heterocycles. The Morgan fingerprint density at radius 3 is 1.61 bits per heavy atom. The van der Waals surface area contributed by atoms with Gasteiger partial charge in [-0.05, 0) is 120 Å². The molecule has 0 saturated heterocycles. The van der Waals surface area contributed by atoms with Crippen LogP contribution in [-0.2, 0) is 11.2 Å². The van der Waals surface area contributed by atoms with E-state index in [0.717, 1.165) is 101 Å². The van der Waals surface area contributed by atoms with Crippen molar-refractivity contribution in [1.82, 2.24) is 50.3 Å². The van der Waals surface area contributed by atoms with Crippen LogP contribution in [0.1, 0.15) is 107 Å². The number of aliphatic hydroxyl groups excluding tert-OH is 1. The van der Waals surface area contributed by atoms with Gasteiger partial charge in [0.25, 0.3) is 22.9 Å². The molecule has 6 heterocycles. The van der Waals surface area contributed by atoms with Crippen LogP contribution in [0.3, 0.4) is 0 Å². The highest BCUT2D eigenvalue weighted by Gasteiger charge is 2.55. The highest BCUT2D eigenvalue weighted by atomic mass is 79.9. The summed E-state index contributed by atoms with van der Waals surface area (Å²) < 4.78 is 4.33. The summed E-state index contributed by atoms with van der Waals surface area (Å²) in [6.07, 6.45) is 18.5. The average Bonchev–Trinajstić information content (AvgIpc) is 3.94. The molecule has 16 nitrogen and oxygen atoms in total. The van der Waals surface area contributed by atoms with Gasteiger partial charge in [0, 0.05) is 58.0 Å². The number of amides is 2. The van der Waals surface area contributed by atoms with Gasteiger partial charge in [-0.2, -0.15) is 20.4 Å². The van der Waals surface area contributed by atoms with Crippen LogP contribution in [0, 0.1) is 10.8 Å². The predicted molar refractivity (Wildman–Crippen MR) is 264 cm³/mol. The van der Waals surface area contributed by atoms with Gasteiger partial charge in [0.15, 0.2) is 0 Å². The second-order valence-electron chi connectivity index (χ2n) is 19.2. The third-order valence-electron chi connectivity index (χ3n) is 14.6. The number of aromatic nitrogens is 8. The van der Waals surface area contributed by atoms with Crippen LogP contribution in [0.4, 0.5) is 0 Å². The number of halogens is 1. The van der Waals surface area contributed by atoms with Crippen LogP contribution >= 0.6 is 15.9 Å². The number of hydrogen-bond donors (Lipinski definition) is 5. The first-order valence-electron chi connectivity index (χ1n) is 23.3. The van der Waals surface area contributed by atoms with Gasteiger partial charge in [-0.25, -0.2) is 19.2 Å². The van der Waals surface area contributed by atoms with E-state index in [2.05, 4.69) is 63.7 Å². The number of aryl methyl sites for hydroxylation is 1. The second kappa shape index (κ2) is 18.8. The van der Waals surface area contributed by atoms with E-state index in [-0.39, 0.29) is 52.5 Å². The number of aliphatic hydroxyl groups is 1. The Labute approximate surface area is 403 Å². The lowest BCUT2D eigenvalue weighted by molar-refractivity contribution is -0.107. The minimum Gasteiger partial charge on any atom is -0.392 e. The molecule has 12 rings (SSSR count). The highest BCUT2D eigenvalue weighted by molar-refractivity contribution is 9.10. The van der Waals surface area contributed by atoms with Crippen LogP contribution in [0.25, 0.3) is 32.6 Å². The molecule has 69 heavy (non-hydrogen) atoms. The van der Waals surface area contributed by atoms with E-state index in [9.17, 15) is 24.0 Å². The van der Waals surface area contributed by atoms with Crippen molar-refractivity contribution in [2.75, 3.05) is 6.61 Å². The molecule has 2 spiro atoms. The lowest BCUT2D eigenvalue weighted by Gasteiger charge is -2.57. The van der Waals surface area contributed by atoms with Gasteiger partial charge in [-0.1, -0.05) is 48.5 Å². The quantitative estimate of drug-likeness (QED) is 0.0690. The molecule has 0 bridgehead atoms. The number of aldehydes is 1. The fraction of sp³-hybridized carbons (Fsp3) is 0.327. The number of nitrogens with one attached hydrogen (secondary N) is 4. The third kappa shape index (κ3) is 8.92. The minimum atomic E-state index is -0.148. The zero-order chi connectivity index (χ0) is 47.9. The number of fused-ring (bicyclic) bond motifs is 4. The summed E-state index contributed by atoms with van der Waals surface area (Å²) in [7, 11) is 0. The zero-order valence-corrected chi connectivity index (χ0v) is 39.3. The maximum atomic E-state index is 12.9. The van der Waals surface area contributed by atoms with E-state index in [1.54, 1.807) is 21.4 Å². The summed E-state index contributed by atoms with van der Waals surface area (Å²) in [6.45, 7) is 3.31. The summed E-state index contributed by atoms with van der Waals surface area (Å²) in [5.41, 5.74) is 5.98. The largest absolute Gasteiger partial charge is 0.392 e. The average molecular weight is 992 g/mol. The molecule has 5 N–H and O–H groups in total. The number of aromatic amines is 2. The van der Waals surface area contributed by atoms with Gasteiger partial charge in [0.2, 0.25) is 0 Å².